The molecule has 3 heteroatoms. The molecule has 2 aliphatic rings. The molecule has 1 aromatic rings. The summed E-state index contributed by atoms with van der Waals surface area (Å²) >= 11 is 1.60. The molecular formula is C18H27NOS. The number of nitrogens with zero attached hydrogens (tertiary/aromatic N) is 1. The summed E-state index contributed by atoms with van der Waals surface area (Å²) in [6, 6.07) is 0. The molecular weight excluding hydrogens is 278 g/mol. The summed E-state index contributed by atoms with van der Waals surface area (Å²) in [6.45, 7) is 7.24. The van der Waals surface area contributed by atoms with Crippen molar-refractivity contribution in [3.8, 4) is 5.19 Å². The maximum absolute atomic E-state index is 6.08. The average molecular weight is 305 g/mol. The lowest BCUT2D eigenvalue weighted by atomic mass is 9.55. The zero-order chi connectivity index (χ0) is 14.9. The zero-order valence-corrected chi connectivity index (χ0v) is 14.3. The quantitative estimate of drug-likeness (QED) is 0.689. The molecule has 21 heavy (non-hydrogen) atoms. The van der Waals surface area contributed by atoms with Gasteiger partial charge in [0.2, 0.25) is 0 Å². The van der Waals surface area contributed by atoms with Gasteiger partial charge in [-0.3, -0.25) is 0 Å². The topological polar surface area (TPSA) is 22.1 Å². The van der Waals surface area contributed by atoms with Gasteiger partial charge in [-0.15, -0.1) is 0 Å². The van der Waals surface area contributed by atoms with E-state index in [1.165, 1.54) is 32.1 Å². The molecule has 2 unspecified atom stereocenters. The van der Waals surface area contributed by atoms with Crippen molar-refractivity contribution in [2.75, 3.05) is 0 Å². The van der Waals surface area contributed by atoms with E-state index in [2.05, 4.69) is 31.8 Å². The fraction of sp³-hybridized carbons (Fsp3) is 0.722. The number of allylic oxidation sites excluding steroid dienone is 1. The fourth-order valence-electron chi connectivity index (χ4n) is 4.67. The number of fused-ring (bicyclic) bond motifs is 1. The molecule has 0 bridgehead atoms. The van der Waals surface area contributed by atoms with E-state index in [0.717, 1.165) is 23.5 Å². The van der Waals surface area contributed by atoms with Crippen LogP contribution in [-0.4, -0.2) is 11.1 Å². The molecule has 1 aromatic heterocycles. The molecule has 3 rings (SSSR count). The van der Waals surface area contributed by atoms with Crippen LogP contribution in [0.5, 0.6) is 5.19 Å². The minimum absolute atomic E-state index is 0.325. The lowest BCUT2D eigenvalue weighted by Gasteiger charge is -2.50. The largest absolute Gasteiger partial charge is 0.466 e. The second-order valence-electron chi connectivity index (χ2n) is 6.85. The van der Waals surface area contributed by atoms with Gasteiger partial charge in [-0.2, -0.15) is 0 Å². The summed E-state index contributed by atoms with van der Waals surface area (Å²) in [4.78, 5) is 4.26. The highest BCUT2D eigenvalue weighted by molar-refractivity contribution is 7.11. The Morgan fingerprint density at radius 1 is 1.38 bits per heavy atom. The minimum atomic E-state index is 0.325. The number of rotatable bonds is 4. The van der Waals surface area contributed by atoms with E-state index in [1.54, 1.807) is 16.9 Å². The highest BCUT2D eigenvalue weighted by Gasteiger charge is 2.45. The first kappa shape index (κ1) is 15.1. The van der Waals surface area contributed by atoms with Crippen LogP contribution >= 0.6 is 11.3 Å². The highest BCUT2D eigenvalue weighted by atomic mass is 32.1. The van der Waals surface area contributed by atoms with E-state index in [0.29, 0.717) is 11.5 Å². The first-order valence-electron chi connectivity index (χ1n) is 8.43. The maximum atomic E-state index is 6.08. The van der Waals surface area contributed by atoms with E-state index in [1.807, 2.05) is 11.6 Å². The van der Waals surface area contributed by atoms with Crippen LogP contribution in [0.25, 0.3) is 0 Å². The van der Waals surface area contributed by atoms with Crippen molar-refractivity contribution in [1.29, 1.82) is 0 Å². The van der Waals surface area contributed by atoms with Gasteiger partial charge < -0.3 is 4.74 Å². The monoisotopic (exact) mass is 305 g/mol. The van der Waals surface area contributed by atoms with Gasteiger partial charge in [0.05, 0.1) is 0 Å². The molecule has 0 aromatic carbocycles. The van der Waals surface area contributed by atoms with Crippen molar-refractivity contribution >= 4 is 11.3 Å². The van der Waals surface area contributed by atoms with Gasteiger partial charge in [0.1, 0.15) is 6.10 Å². The third kappa shape index (κ3) is 2.77. The summed E-state index contributed by atoms with van der Waals surface area (Å²) in [7, 11) is 0. The van der Waals surface area contributed by atoms with E-state index in [-0.39, 0.29) is 0 Å². The average Bonchev–Trinajstić information content (AvgIpc) is 2.99. The van der Waals surface area contributed by atoms with Crippen molar-refractivity contribution in [2.45, 2.75) is 65.4 Å². The Morgan fingerprint density at radius 2 is 2.24 bits per heavy atom. The van der Waals surface area contributed by atoms with E-state index in [4.69, 9.17) is 4.74 Å². The Balaban J connectivity index is 1.75. The number of hydrogen-bond donors (Lipinski definition) is 0. The lowest BCUT2D eigenvalue weighted by Crippen LogP contribution is -2.42. The molecule has 0 amide bonds. The normalized spacial score (nSPS) is 36.0. The van der Waals surface area contributed by atoms with E-state index >= 15 is 0 Å². The summed E-state index contributed by atoms with van der Waals surface area (Å²) in [5.74, 6) is 1.73. The van der Waals surface area contributed by atoms with Crippen LogP contribution in [0.15, 0.2) is 23.2 Å². The molecule has 0 aliphatic heterocycles. The van der Waals surface area contributed by atoms with Crippen LogP contribution in [0, 0.1) is 17.3 Å². The predicted molar refractivity (Wildman–Crippen MR) is 88.8 cm³/mol. The predicted octanol–water partition coefficient (Wildman–Crippen LogP) is 5.46. The Kier molecular flexibility index (Phi) is 4.39. The molecule has 116 valence electrons. The van der Waals surface area contributed by atoms with Gasteiger partial charge in [-0.1, -0.05) is 56.6 Å². The van der Waals surface area contributed by atoms with Crippen LogP contribution in [0.1, 0.15) is 59.3 Å². The molecule has 1 heterocycles. The molecule has 2 aliphatic carbocycles. The molecule has 0 radical (unpaired) electrons. The summed E-state index contributed by atoms with van der Waals surface area (Å²) in [5, 5.41) is 2.82. The van der Waals surface area contributed by atoms with Crippen molar-refractivity contribution < 1.29 is 4.74 Å². The van der Waals surface area contributed by atoms with Crippen molar-refractivity contribution in [3.63, 3.8) is 0 Å². The van der Waals surface area contributed by atoms with Crippen molar-refractivity contribution in [3.05, 3.63) is 23.2 Å². The molecule has 0 spiro atoms. The summed E-state index contributed by atoms with van der Waals surface area (Å²) in [5.41, 5.74) is 2.07. The Bertz CT molecular complexity index is 495. The molecule has 0 N–H and O–H groups in total. The van der Waals surface area contributed by atoms with E-state index in [9.17, 15) is 0 Å². The second-order valence-corrected chi connectivity index (χ2v) is 7.70. The van der Waals surface area contributed by atoms with Gasteiger partial charge in [0, 0.05) is 18.0 Å². The van der Waals surface area contributed by atoms with Gasteiger partial charge >= 0.3 is 0 Å². The van der Waals surface area contributed by atoms with Gasteiger partial charge in [0.15, 0.2) is 0 Å². The molecule has 1 fully saturated rings. The molecule has 4 atom stereocenters. The second kappa shape index (κ2) is 6.12. The van der Waals surface area contributed by atoms with Crippen LogP contribution in [0.4, 0.5) is 0 Å². The molecule has 2 nitrogen and oxygen atoms in total. The summed E-state index contributed by atoms with van der Waals surface area (Å²) in [6.07, 6.45) is 12.1. The number of hydrogen-bond acceptors (Lipinski definition) is 3. The first-order chi connectivity index (χ1) is 10.2. The van der Waals surface area contributed by atoms with Crippen LogP contribution in [0.3, 0.4) is 0 Å². The third-order valence-corrected chi connectivity index (χ3v) is 6.52. The fourth-order valence-corrected chi connectivity index (χ4v) is 5.22. The summed E-state index contributed by atoms with van der Waals surface area (Å²) < 4.78 is 6.08. The zero-order valence-electron chi connectivity index (χ0n) is 13.5. The SMILES string of the molecule is CCC1CC=C2C[C@@H](Oc3nccs3)CC[C@]2(C)C1CC. The Morgan fingerprint density at radius 3 is 2.90 bits per heavy atom. The van der Waals surface area contributed by atoms with Crippen molar-refractivity contribution in [2.24, 2.45) is 17.3 Å². The smallest absolute Gasteiger partial charge is 0.273 e. The van der Waals surface area contributed by atoms with Gasteiger partial charge in [-0.05, 0) is 36.5 Å². The lowest BCUT2D eigenvalue weighted by molar-refractivity contribution is 0.0580. The van der Waals surface area contributed by atoms with Crippen molar-refractivity contribution in [1.82, 2.24) is 4.98 Å². The highest BCUT2D eigenvalue weighted by Crippen LogP contribution is 2.54. The Labute approximate surface area is 132 Å². The Hall–Kier alpha value is -0.830. The first-order valence-corrected chi connectivity index (χ1v) is 9.31. The number of thiazole rings is 1. The number of ether oxygens (including phenoxy) is 1. The van der Waals surface area contributed by atoms with E-state index < -0.39 is 0 Å². The van der Waals surface area contributed by atoms with Gasteiger partial charge in [-0.25, -0.2) is 4.98 Å². The van der Waals surface area contributed by atoms with Crippen LogP contribution in [0.2, 0.25) is 0 Å². The standard InChI is InChI=1S/C18H27NOS/c1-4-13-6-7-14-12-15(20-17-19-10-11-21-17)8-9-18(14,3)16(13)5-2/h7,10-11,13,15-16H,4-6,8-9,12H2,1-3H3/t13?,15-,16?,18-/m0/s1. The van der Waals surface area contributed by atoms with Gasteiger partial charge in [0.25, 0.3) is 5.19 Å². The molecule has 1 saturated carbocycles. The van der Waals surface area contributed by atoms with Crippen LogP contribution < -0.4 is 4.74 Å². The molecule has 0 saturated heterocycles. The minimum Gasteiger partial charge on any atom is -0.466 e. The number of aromatic nitrogens is 1. The maximum Gasteiger partial charge on any atom is 0.273 e. The third-order valence-electron chi connectivity index (χ3n) is 5.86. The van der Waals surface area contributed by atoms with Crippen LogP contribution in [-0.2, 0) is 0 Å².